The van der Waals surface area contributed by atoms with Crippen LogP contribution in [0.4, 0.5) is 0 Å². The molecule has 1 aliphatic heterocycles. The Morgan fingerprint density at radius 2 is 1.94 bits per heavy atom. The fraction of sp³-hybridized carbons (Fsp3) is 0.440. The smallest absolute Gasteiger partial charge is 0.242 e. The lowest BCUT2D eigenvalue weighted by atomic mass is 9.99. The number of piperidine rings is 1. The molecule has 2 aromatic carbocycles. The summed E-state index contributed by atoms with van der Waals surface area (Å²) in [6, 6.07) is 13.7. The number of imidazole rings is 1. The van der Waals surface area contributed by atoms with E-state index in [2.05, 4.69) is 34.6 Å². The first-order valence-electron chi connectivity index (χ1n) is 11.9. The lowest BCUT2D eigenvalue weighted by Gasteiger charge is -2.31. The summed E-state index contributed by atoms with van der Waals surface area (Å²) < 4.78 is 30.0. The highest BCUT2D eigenvalue weighted by molar-refractivity contribution is 7.89. The summed E-state index contributed by atoms with van der Waals surface area (Å²) in [7, 11) is -0.384. The van der Waals surface area contributed by atoms with E-state index in [0.717, 1.165) is 67.8 Å². The van der Waals surface area contributed by atoms with Gasteiger partial charge in [0.1, 0.15) is 5.82 Å². The summed E-state index contributed by atoms with van der Waals surface area (Å²) in [5.74, 6) is 1.44. The fourth-order valence-corrected chi connectivity index (χ4v) is 6.81. The molecular formula is C25H31N5O2S2. The third-order valence-corrected chi connectivity index (χ3v) is 9.56. The molecule has 1 fully saturated rings. The Labute approximate surface area is 205 Å². The van der Waals surface area contributed by atoms with E-state index in [9.17, 15) is 8.42 Å². The van der Waals surface area contributed by atoms with E-state index in [-0.39, 0.29) is 4.90 Å². The molecule has 180 valence electrons. The second kappa shape index (κ2) is 9.37. The molecule has 0 N–H and O–H groups in total. The Hall–Kier alpha value is -2.33. The van der Waals surface area contributed by atoms with Gasteiger partial charge in [-0.3, -0.25) is 4.90 Å². The van der Waals surface area contributed by atoms with Crippen LogP contribution < -0.4 is 0 Å². The highest BCUT2D eigenvalue weighted by Crippen LogP contribution is 2.33. The van der Waals surface area contributed by atoms with Crippen LogP contribution in [0.2, 0.25) is 0 Å². The summed E-state index contributed by atoms with van der Waals surface area (Å²) in [6.45, 7) is 5.78. The average molecular weight is 498 g/mol. The minimum atomic E-state index is -3.49. The number of aryl methyl sites for hydroxylation is 1. The van der Waals surface area contributed by atoms with Gasteiger partial charge in [-0.1, -0.05) is 19.1 Å². The van der Waals surface area contributed by atoms with E-state index < -0.39 is 10.0 Å². The molecule has 34 heavy (non-hydrogen) atoms. The number of sulfonamides is 1. The number of thiazole rings is 1. The molecule has 0 spiro atoms. The highest BCUT2D eigenvalue weighted by Gasteiger charge is 2.26. The third kappa shape index (κ3) is 4.37. The largest absolute Gasteiger partial charge is 0.327 e. The zero-order valence-corrected chi connectivity index (χ0v) is 21.6. The van der Waals surface area contributed by atoms with Crippen molar-refractivity contribution < 1.29 is 8.42 Å². The maximum absolute atomic E-state index is 12.6. The second-order valence-electron chi connectivity index (χ2n) is 9.21. The van der Waals surface area contributed by atoms with E-state index >= 15 is 0 Å². The molecule has 0 aliphatic carbocycles. The monoisotopic (exact) mass is 497 g/mol. The van der Waals surface area contributed by atoms with Gasteiger partial charge in [-0.15, -0.1) is 11.3 Å². The molecular weight excluding hydrogens is 466 g/mol. The number of hydrogen-bond donors (Lipinski definition) is 0. The molecule has 7 nitrogen and oxygen atoms in total. The minimum absolute atomic E-state index is 0.284. The number of benzene rings is 2. The van der Waals surface area contributed by atoms with Gasteiger partial charge in [0.2, 0.25) is 10.0 Å². The van der Waals surface area contributed by atoms with Gasteiger partial charge >= 0.3 is 0 Å². The average Bonchev–Trinajstić information content (AvgIpc) is 3.41. The van der Waals surface area contributed by atoms with Gasteiger partial charge < -0.3 is 4.57 Å². The van der Waals surface area contributed by atoms with Gasteiger partial charge in [0.25, 0.3) is 0 Å². The number of aromatic nitrogens is 3. The fourth-order valence-electron chi connectivity index (χ4n) is 4.79. The Balaban J connectivity index is 1.42. The first-order chi connectivity index (χ1) is 16.4. The van der Waals surface area contributed by atoms with Crippen LogP contribution in [-0.4, -0.2) is 59.3 Å². The Morgan fingerprint density at radius 1 is 1.12 bits per heavy atom. The Bertz CT molecular complexity index is 1390. The lowest BCUT2D eigenvalue weighted by Crippen LogP contribution is -2.34. The summed E-state index contributed by atoms with van der Waals surface area (Å²) in [5.41, 5.74) is 2.83. The second-order valence-corrected chi connectivity index (χ2v) is 12.4. The van der Waals surface area contributed by atoms with E-state index in [1.54, 1.807) is 26.2 Å². The molecule has 0 saturated carbocycles. The number of nitrogens with zero attached hydrogens (tertiary/aromatic N) is 5. The Kier molecular flexibility index (Phi) is 6.45. The van der Waals surface area contributed by atoms with Gasteiger partial charge in [0.15, 0.2) is 0 Å². The number of likely N-dealkylation sites (tertiary alicyclic amines) is 1. The molecule has 2 aromatic heterocycles. The van der Waals surface area contributed by atoms with Crippen LogP contribution in [0.5, 0.6) is 0 Å². The molecule has 1 saturated heterocycles. The molecule has 0 unspecified atom stereocenters. The third-order valence-electron chi connectivity index (χ3n) is 6.55. The van der Waals surface area contributed by atoms with Crippen molar-refractivity contribution in [2.24, 2.45) is 0 Å². The standard InChI is InChI=1S/C25H31N5O2S2/c1-4-13-30-22-12-11-19(34(31,32)28(2)3)15-21(22)26-24(30)17-29-14-7-8-18(16-29)25-27-20-9-5-6-10-23(20)33-25/h5-6,9-12,15,18H,4,7-8,13-14,16-17H2,1-3H3/t18-/m1/s1. The number of para-hydroxylation sites is 1. The van der Waals surface area contributed by atoms with E-state index in [1.807, 2.05) is 23.5 Å². The number of hydrogen-bond acceptors (Lipinski definition) is 6. The SMILES string of the molecule is CCCn1c(CN2CCC[C@@H](c3nc4ccccc4s3)C2)nc2cc(S(=O)(=O)N(C)C)ccc21. The molecule has 0 amide bonds. The Morgan fingerprint density at radius 3 is 2.71 bits per heavy atom. The zero-order chi connectivity index (χ0) is 23.9. The number of rotatable bonds is 7. The van der Waals surface area contributed by atoms with Crippen LogP contribution in [0.1, 0.15) is 42.9 Å². The molecule has 0 bridgehead atoms. The predicted molar refractivity (Wildman–Crippen MR) is 138 cm³/mol. The van der Waals surface area contributed by atoms with Crippen molar-refractivity contribution in [3.05, 3.63) is 53.3 Å². The molecule has 9 heteroatoms. The van der Waals surface area contributed by atoms with Crippen molar-refractivity contribution in [1.29, 1.82) is 0 Å². The summed E-state index contributed by atoms with van der Waals surface area (Å²) >= 11 is 1.81. The van der Waals surface area contributed by atoms with Gasteiger partial charge in [0.05, 0.1) is 37.7 Å². The zero-order valence-electron chi connectivity index (χ0n) is 19.9. The van der Waals surface area contributed by atoms with Crippen molar-refractivity contribution in [3.63, 3.8) is 0 Å². The molecule has 5 rings (SSSR count). The van der Waals surface area contributed by atoms with Crippen molar-refractivity contribution in [1.82, 2.24) is 23.7 Å². The summed E-state index contributed by atoms with van der Waals surface area (Å²) in [4.78, 5) is 12.6. The van der Waals surface area contributed by atoms with E-state index in [0.29, 0.717) is 5.92 Å². The molecule has 4 aromatic rings. The summed E-state index contributed by atoms with van der Waals surface area (Å²) in [6.07, 6.45) is 3.29. The van der Waals surface area contributed by atoms with Gasteiger partial charge in [-0.05, 0) is 56.1 Å². The molecule has 1 atom stereocenters. The number of fused-ring (bicyclic) bond motifs is 2. The lowest BCUT2D eigenvalue weighted by molar-refractivity contribution is 0.193. The molecule has 3 heterocycles. The van der Waals surface area contributed by atoms with Gasteiger partial charge in [0, 0.05) is 33.1 Å². The maximum Gasteiger partial charge on any atom is 0.242 e. The highest BCUT2D eigenvalue weighted by atomic mass is 32.2. The quantitative estimate of drug-likeness (QED) is 0.371. The molecule has 0 radical (unpaired) electrons. The van der Waals surface area contributed by atoms with Crippen LogP contribution >= 0.6 is 11.3 Å². The maximum atomic E-state index is 12.6. The van der Waals surface area contributed by atoms with Crippen LogP contribution in [0.15, 0.2) is 47.4 Å². The normalized spacial score (nSPS) is 17.8. The van der Waals surface area contributed by atoms with Gasteiger partial charge in [-0.2, -0.15) is 0 Å². The molecule has 1 aliphatic rings. The van der Waals surface area contributed by atoms with Crippen molar-refractivity contribution in [3.8, 4) is 0 Å². The van der Waals surface area contributed by atoms with E-state index in [1.165, 1.54) is 14.0 Å². The topological polar surface area (TPSA) is 71.3 Å². The van der Waals surface area contributed by atoms with Crippen LogP contribution in [0, 0.1) is 0 Å². The summed E-state index contributed by atoms with van der Waals surface area (Å²) in [5, 5.41) is 1.23. The van der Waals surface area contributed by atoms with Gasteiger partial charge in [-0.25, -0.2) is 22.7 Å². The van der Waals surface area contributed by atoms with Crippen molar-refractivity contribution >= 4 is 42.6 Å². The van der Waals surface area contributed by atoms with Crippen LogP contribution in [0.3, 0.4) is 0 Å². The van der Waals surface area contributed by atoms with E-state index in [4.69, 9.17) is 9.97 Å². The first kappa shape index (κ1) is 23.4. The van der Waals surface area contributed by atoms with Crippen molar-refractivity contribution in [2.45, 2.75) is 50.1 Å². The van der Waals surface area contributed by atoms with Crippen LogP contribution in [0.25, 0.3) is 21.3 Å². The first-order valence-corrected chi connectivity index (χ1v) is 14.1. The predicted octanol–water partition coefficient (Wildman–Crippen LogP) is 4.69. The minimum Gasteiger partial charge on any atom is -0.327 e. The van der Waals surface area contributed by atoms with Crippen molar-refractivity contribution in [2.75, 3.05) is 27.2 Å². The van der Waals surface area contributed by atoms with Crippen LogP contribution in [-0.2, 0) is 23.1 Å².